The molecule has 1 unspecified atom stereocenters. The van der Waals surface area contributed by atoms with Crippen molar-refractivity contribution in [2.24, 2.45) is 7.05 Å². The summed E-state index contributed by atoms with van der Waals surface area (Å²) in [5.41, 5.74) is 0.734. The second-order valence-corrected chi connectivity index (χ2v) is 4.88. The van der Waals surface area contributed by atoms with Gasteiger partial charge in [0.15, 0.2) is 11.6 Å². The van der Waals surface area contributed by atoms with Crippen LogP contribution >= 0.6 is 0 Å². The van der Waals surface area contributed by atoms with Gasteiger partial charge in [-0.1, -0.05) is 0 Å². The summed E-state index contributed by atoms with van der Waals surface area (Å²) in [6.45, 7) is 0.256. The van der Waals surface area contributed by atoms with E-state index >= 15 is 0 Å². The van der Waals surface area contributed by atoms with Crippen molar-refractivity contribution in [1.29, 1.82) is 0 Å². The summed E-state index contributed by atoms with van der Waals surface area (Å²) in [6.07, 6.45) is 3.34. The molecule has 1 atom stereocenters. The molecule has 2 rings (SSSR count). The third-order valence-electron chi connectivity index (χ3n) is 3.16. The predicted octanol–water partition coefficient (Wildman–Crippen LogP) is 1.15. The normalized spacial score (nSPS) is 12.0. The van der Waals surface area contributed by atoms with Gasteiger partial charge in [0, 0.05) is 24.9 Å². The van der Waals surface area contributed by atoms with Crippen LogP contribution in [0.4, 0.5) is 8.78 Å². The van der Waals surface area contributed by atoms with Gasteiger partial charge >= 0.3 is 0 Å². The molecule has 0 aliphatic heterocycles. The Labute approximate surface area is 132 Å². The van der Waals surface area contributed by atoms with E-state index in [0.29, 0.717) is 0 Å². The van der Waals surface area contributed by atoms with Crippen molar-refractivity contribution in [3.63, 3.8) is 0 Å². The number of ether oxygens (including phenoxy) is 1. The molecule has 0 spiro atoms. The smallest absolute Gasteiger partial charge is 0.241 e. The fraction of sp³-hybridized carbons (Fsp3) is 0.333. The minimum absolute atomic E-state index is 0.0573. The number of nitrogens with zero attached hydrogens (tertiary/aromatic N) is 2. The van der Waals surface area contributed by atoms with Crippen LogP contribution in [-0.4, -0.2) is 35.9 Å². The number of aryl methyl sites for hydroxylation is 1. The number of hydrogen-bond donors (Lipinski definition) is 2. The van der Waals surface area contributed by atoms with Gasteiger partial charge in [0.25, 0.3) is 0 Å². The minimum Gasteiger partial charge on any atom is -0.489 e. The molecule has 0 aliphatic carbocycles. The van der Waals surface area contributed by atoms with Crippen LogP contribution in [0, 0.1) is 11.6 Å². The second-order valence-electron chi connectivity index (χ2n) is 4.88. The third-order valence-corrected chi connectivity index (χ3v) is 3.16. The maximum Gasteiger partial charge on any atom is 0.241 e. The van der Waals surface area contributed by atoms with Crippen LogP contribution < -0.4 is 15.4 Å². The van der Waals surface area contributed by atoms with Crippen LogP contribution in [0.15, 0.2) is 30.6 Å². The first kappa shape index (κ1) is 16.9. The van der Waals surface area contributed by atoms with E-state index < -0.39 is 17.7 Å². The second kappa shape index (κ2) is 7.68. The van der Waals surface area contributed by atoms with Gasteiger partial charge in [-0.2, -0.15) is 5.10 Å². The molecule has 8 heteroatoms. The average Bonchev–Trinajstić information content (AvgIpc) is 2.92. The van der Waals surface area contributed by atoms with E-state index in [1.807, 2.05) is 0 Å². The largest absolute Gasteiger partial charge is 0.489 e. The highest BCUT2D eigenvalue weighted by molar-refractivity contribution is 5.82. The Morgan fingerprint density at radius 1 is 1.43 bits per heavy atom. The molecular formula is C15H18F2N4O2. The lowest BCUT2D eigenvalue weighted by Crippen LogP contribution is -2.37. The Hall–Kier alpha value is -2.48. The van der Waals surface area contributed by atoms with Crippen LogP contribution in [-0.2, 0) is 11.8 Å². The Balaban J connectivity index is 1.82. The number of carbonyl (C=O) groups excluding carboxylic acids is 1. The van der Waals surface area contributed by atoms with Crippen molar-refractivity contribution >= 4 is 5.91 Å². The molecule has 1 heterocycles. The number of halogens is 2. The first-order valence-corrected chi connectivity index (χ1v) is 7.02. The number of carbonyl (C=O) groups is 1. The van der Waals surface area contributed by atoms with Crippen LogP contribution in [0.25, 0.3) is 0 Å². The molecule has 0 bridgehead atoms. The zero-order chi connectivity index (χ0) is 16.8. The lowest BCUT2D eigenvalue weighted by atomic mass is 10.1. The topological polar surface area (TPSA) is 68.2 Å². The maximum atomic E-state index is 13.4. The number of amides is 1. The Bertz CT molecular complexity index is 675. The van der Waals surface area contributed by atoms with Crippen LogP contribution in [0.2, 0.25) is 0 Å². The SMILES string of the molecule is CNC(C(=O)NCCOc1ccc(F)cc1F)c1cnn(C)c1. The van der Waals surface area contributed by atoms with E-state index in [4.69, 9.17) is 4.74 Å². The zero-order valence-electron chi connectivity index (χ0n) is 12.8. The molecule has 0 aliphatic rings. The predicted molar refractivity (Wildman–Crippen MR) is 79.9 cm³/mol. The number of rotatable bonds is 7. The molecular weight excluding hydrogens is 306 g/mol. The lowest BCUT2D eigenvalue weighted by molar-refractivity contribution is -0.123. The van der Waals surface area contributed by atoms with Gasteiger partial charge in [-0.15, -0.1) is 0 Å². The standard InChI is InChI=1S/C15H18F2N4O2/c1-18-14(10-8-20-21(2)9-10)15(22)19-5-6-23-13-4-3-11(16)7-12(13)17/h3-4,7-9,14,18H,5-6H2,1-2H3,(H,19,22). The monoisotopic (exact) mass is 324 g/mol. The molecule has 0 fully saturated rings. The Morgan fingerprint density at radius 3 is 2.83 bits per heavy atom. The van der Waals surface area contributed by atoms with Gasteiger partial charge in [0.1, 0.15) is 18.5 Å². The van der Waals surface area contributed by atoms with Crippen molar-refractivity contribution in [1.82, 2.24) is 20.4 Å². The molecule has 0 saturated carbocycles. The van der Waals surface area contributed by atoms with Gasteiger partial charge in [0.05, 0.1) is 12.7 Å². The van der Waals surface area contributed by atoms with Gasteiger partial charge in [0.2, 0.25) is 5.91 Å². The third kappa shape index (κ3) is 4.49. The Kier molecular flexibility index (Phi) is 5.64. The molecule has 2 aromatic rings. The van der Waals surface area contributed by atoms with Crippen molar-refractivity contribution in [3.8, 4) is 5.75 Å². The Morgan fingerprint density at radius 2 is 2.22 bits per heavy atom. The van der Waals surface area contributed by atoms with E-state index in [9.17, 15) is 13.6 Å². The average molecular weight is 324 g/mol. The molecule has 6 nitrogen and oxygen atoms in total. The fourth-order valence-corrected chi connectivity index (χ4v) is 2.07. The van der Waals surface area contributed by atoms with Crippen molar-refractivity contribution in [2.75, 3.05) is 20.2 Å². The molecule has 124 valence electrons. The van der Waals surface area contributed by atoms with E-state index in [0.717, 1.165) is 17.7 Å². The number of nitrogens with one attached hydrogen (secondary N) is 2. The highest BCUT2D eigenvalue weighted by atomic mass is 19.1. The van der Waals surface area contributed by atoms with Crippen molar-refractivity contribution in [2.45, 2.75) is 6.04 Å². The molecule has 1 aromatic carbocycles. The van der Waals surface area contributed by atoms with Gasteiger partial charge < -0.3 is 15.4 Å². The molecule has 1 aromatic heterocycles. The number of aromatic nitrogens is 2. The van der Waals surface area contributed by atoms with E-state index in [-0.39, 0.29) is 24.8 Å². The van der Waals surface area contributed by atoms with E-state index in [1.165, 1.54) is 6.07 Å². The number of benzene rings is 1. The first-order chi connectivity index (χ1) is 11.0. The summed E-state index contributed by atoms with van der Waals surface area (Å²) in [5.74, 6) is -1.75. The summed E-state index contributed by atoms with van der Waals surface area (Å²) in [7, 11) is 3.43. The number of likely N-dealkylation sites (N-methyl/N-ethyl adjacent to an activating group) is 1. The molecule has 23 heavy (non-hydrogen) atoms. The minimum atomic E-state index is -0.778. The first-order valence-electron chi connectivity index (χ1n) is 7.02. The van der Waals surface area contributed by atoms with Crippen LogP contribution in [0.3, 0.4) is 0 Å². The molecule has 0 radical (unpaired) electrons. The highest BCUT2D eigenvalue weighted by Gasteiger charge is 2.19. The van der Waals surface area contributed by atoms with Crippen LogP contribution in [0.1, 0.15) is 11.6 Å². The van der Waals surface area contributed by atoms with Crippen LogP contribution in [0.5, 0.6) is 5.75 Å². The summed E-state index contributed by atoms with van der Waals surface area (Å²) < 4.78 is 32.9. The summed E-state index contributed by atoms with van der Waals surface area (Å²) in [4.78, 5) is 12.1. The lowest BCUT2D eigenvalue weighted by Gasteiger charge is -2.15. The van der Waals surface area contributed by atoms with Crippen molar-refractivity contribution < 1.29 is 18.3 Å². The maximum absolute atomic E-state index is 13.4. The molecule has 2 N–H and O–H groups in total. The summed E-state index contributed by atoms with van der Waals surface area (Å²) >= 11 is 0. The van der Waals surface area contributed by atoms with Gasteiger partial charge in [-0.25, -0.2) is 8.78 Å². The van der Waals surface area contributed by atoms with Crippen molar-refractivity contribution in [3.05, 3.63) is 47.8 Å². The number of hydrogen-bond acceptors (Lipinski definition) is 4. The van der Waals surface area contributed by atoms with Gasteiger partial charge in [-0.05, 0) is 19.2 Å². The fourth-order valence-electron chi connectivity index (χ4n) is 2.07. The molecule has 1 amide bonds. The van der Waals surface area contributed by atoms with Gasteiger partial charge in [-0.3, -0.25) is 9.48 Å². The molecule has 0 saturated heterocycles. The van der Waals surface area contributed by atoms with E-state index in [2.05, 4.69) is 15.7 Å². The summed E-state index contributed by atoms with van der Waals surface area (Å²) in [5, 5.41) is 9.60. The zero-order valence-corrected chi connectivity index (χ0v) is 12.8. The summed E-state index contributed by atoms with van der Waals surface area (Å²) in [6, 6.07) is 2.52. The highest BCUT2D eigenvalue weighted by Crippen LogP contribution is 2.17. The van der Waals surface area contributed by atoms with E-state index in [1.54, 1.807) is 31.2 Å². The quantitative estimate of drug-likeness (QED) is 0.750.